The molecule has 1 aromatic rings. The van der Waals surface area contributed by atoms with E-state index in [-0.39, 0.29) is 23.6 Å². The monoisotopic (exact) mass is 283 g/mol. The van der Waals surface area contributed by atoms with Gasteiger partial charge in [0.15, 0.2) is 0 Å². The minimum absolute atomic E-state index is 0.0641. The van der Waals surface area contributed by atoms with Gasteiger partial charge in [0.05, 0.1) is 17.1 Å². The van der Waals surface area contributed by atoms with Crippen LogP contribution < -0.4 is 11.3 Å². The second kappa shape index (κ2) is 7.18. The number of hydrogen-bond acceptors (Lipinski definition) is 6. The number of ether oxygens (including phenoxy) is 2. The first kappa shape index (κ1) is 16.4. The molecular weight excluding hydrogens is 262 g/mol. The summed E-state index contributed by atoms with van der Waals surface area (Å²) in [5.41, 5.74) is 2.98. The summed E-state index contributed by atoms with van der Waals surface area (Å²) in [6.07, 6.45) is 0.726. The Bertz CT molecular complexity index is 463. The van der Waals surface area contributed by atoms with Gasteiger partial charge in [-0.1, -0.05) is 12.1 Å². The molecule has 0 aliphatic carbocycles. The fourth-order valence-corrected chi connectivity index (χ4v) is 1.63. The number of hydrogen-bond donors (Lipinski definition) is 2. The number of nitrogens with zero attached hydrogens (tertiary/aromatic N) is 1. The lowest BCUT2D eigenvalue weighted by Gasteiger charge is -2.22. The first-order chi connectivity index (χ1) is 9.41. The van der Waals surface area contributed by atoms with E-state index in [1.807, 2.05) is 13.8 Å². The molecule has 0 aliphatic heterocycles. The Morgan fingerprint density at radius 2 is 2.15 bits per heavy atom. The molecule has 3 N–H and O–H groups in total. The van der Waals surface area contributed by atoms with Crippen LogP contribution in [0, 0.1) is 10.1 Å². The quantitative estimate of drug-likeness (QED) is 0.328. The second-order valence-corrected chi connectivity index (χ2v) is 4.98. The predicted molar refractivity (Wildman–Crippen MR) is 76.3 cm³/mol. The number of nitrogens with two attached hydrogens (primary N) is 1. The highest BCUT2D eigenvalue weighted by Crippen LogP contribution is 2.27. The summed E-state index contributed by atoms with van der Waals surface area (Å²) < 4.78 is 10.8. The Morgan fingerprint density at radius 1 is 1.45 bits per heavy atom. The lowest BCUT2D eigenvalue weighted by molar-refractivity contribution is -0.384. The standard InChI is InChI=1S/C13H21N3O4/c1-13(2,19-3)7-8-20-9-10-5-4-6-11(16(17)18)12(10)15-14/h4-6,15H,7-9,14H2,1-3H3. The molecule has 112 valence electrons. The van der Waals surface area contributed by atoms with Gasteiger partial charge in [0.1, 0.15) is 5.69 Å². The van der Waals surface area contributed by atoms with E-state index in [0.717, 1.165) is 6.42 Å². The van der Waals surface area contributed by atoms with Crippen LogP contribution >= 0.6 is 0 Å². The van der Waals surface area contributed by atoms with E-state index in [0.29, 0.717) is 12.2 Å². The van der Waals surface area contributed by atoms with E-state index >= 15 is 0 Å². The Labute approximate surface area is 118 Å². The van der Waals surface area contributed by atoms with Crippen molar-refractivity contribution in [2.75, 3.05) is 19.1 Å². The number of nitrogens with one attached hydrogen (secondary N) is 1. The number of anilines is 1. The van der Waals surface area contributed by atoms with Crippen molar-refractivity contribution in [1.82, 2.24) is 0 Å². The maximum Gasteiger partial charge on any atom is 0.294 e. The van der Waals surface area contributed by atoms with Crippen molar-refractivity contribution in [3.8, 4) is 0 Å². The van der Waals surface area contributed by atoms with Gasteiger partial charge in [-0.3, -0.25) is 16.0 Å². The minimum Gasteiger partial charge on any atom is -0.379 e. The molecule has 0 aliphatic rings. The van der Waals surface area contributed by atoms with Gasteiger partial charge in [0.2, 0.25) is 0 Å². The molecule has 0 amide bonds. The number of para-hydroxylation sites is 1. The number of nitro groups is 1. The molecule has 0 spiro atoms. The third-order valence-electron chi connectivity index (χ3n) is 3.13. The molecule has 1 aromatic carbocycles. The lowest BCUT2D eigenvalue weighted by Crippen LogP contribution is -2.24. The van der Waals surface area contributed by atoms with Gasteiger partial charge in [0.25, 0.3) is 5.69 Å². The number of nitro benzene ring substituents is 1. The fourth-order valence-electron chi connectivity index (χ4n) is 1.63. The van der Waals surface area contributed by atoms with E-state index < -0.39 is 4.92 Å². The summed E-state index contributed by atoms with van der Waals surface area (Å²) in [6, 6.07) is 4.74. The molecule has 0 bridgehead atoms. The summed E-state index contributed by atoms with van der Waals surface area (Å²) in [7, 11) is 1.65. The summed E-state index contributed by atoms with van der Waals surface area (Å²) in [5.74, 6) is 5.35. The van der Waals surface area contributed by atoms with Crippen molar-refractivity contribution in [3.05, 3.63) is 33.9 Å². The van der Waals surface area contributed by atoms with E-state index in [2.05, 4.69) is 5.43 Å². The minimum atomic E-state index is -0.479. The molecule has 7 heteroatoms. The van der Waals surface area contributed by atoms with Crippen LogP contribution in [0.5, 0.6) is 0 Å². The van der Waals surface area contributed by atoms with Gasteiger partial charge in [-0.25, -0.2) is 0 Å². The molecule has 0 saturated heterocycles. The molecule has 0 saturated carbocycles. The predicted octanol–water partition coefficient (Wildman–Crippen LogP) is 2.21. The smallest absolute Gasteiger partial charge is 0.294 e. The third kappa shape index (κ3) is 4.44. The van der Waals surface area contributed by atoms with Crippen LogP contribution in [0.25, 0.3) is 0 Å². The molecule has 7 nitrogen and oxygen atoms in total. The molecule has 20 heavy (non-hydrogen) atoms. The van der Waals surface area contributed by atoms with Crippen LogP contribution in [-0.2, 0) is 16.1 Å². The summed E-state index contributed by atoms with van der Waals surface area (Å²) in [5, 5.41) is 10.9. The van der Waals surface area contributed by atoms with Crippen molar-refractivity contribution in [1.29, 1.82) is 0 Å². The highest BCUT2D eigenvalue weighted by Gasteiger charge is 2.18. The first-order valence-electron chi connectivity index (χ1n) is 6.27. The van der Waals surface area contributed by atoms with Crippen LogP contribution in [0.2, 0.25) is 0 Å². The maximum atomic E-state index is 10.9. The fraction of sp³-hybridized carbons (Fsp3) is 0.538. The molecular formula is C13H21N3O4. The van der Waals surface area contributed by atoms with E-state index in [1.54, 1.807) is 19.2 Å². The van der Waals surface area contributed by atoms with Crippen LogP contribution in [0.3, 0.4) is 0 Å². The highest BCUT2D eigenvalue weighted by atomic mass is 16.6. The third-order valence-corrected chi connectivity index (χ3v) is 3.13. The number of methoxy groups -OCH3 is 1. The Hall–Kier alpha value is -1.70. The zero-order valence-electron chi connectivity index (χ0n) is 12.0. The number of nitrogen functional groups attached to an aromatic ring is 1. The SMILES string of the molecule is COC(C)(C)CCOCc1cccc([N+](=O)[O-])c1NN. The molecule has 0 fully saturated rings. The number of hydrazine groups is 1. The topological polar surface area (TPSA) is 99.6 Å². The Kier molecular flexibility index (Phi) is 5.87. The van der Waals surface area contributed by atoms with Gasteiger partial charge < -0.3 is 14.9 Å². The van der Waals surface area contributed by atoms with Crippen LogP contribution in [-0.4, -0.2) is 24.2 Å². The average Bonchev–Trinajstić information content (AvgIpc) is 2.43. The normalized spacial score (nSPS) is 11.4. The van der Waals surface area contributed by atoms with Crippen molar-refractivity contribution < 1.29 is 14.4 Å². The van der Waals surface area contributed by atoms with Crippen molar-refractivity contribution >= 4 is 11.4 Å². The van der Waals surface area contributed by atoms with Gasteiger partial charge in [-0.2, -0.15) is 0 Å². The van der Waals surface area contributed by atoms with Crippen LogP contribution in [0.1, 0.15) is 25.8 Å². The zero-order valence-corrected chi connectivity index (χ0v) is 12.0. The Balaban J connectivity index is 2.65. The highest BCUT2D eigenvalue weighted by molar-refractivity contribution is 5.65. The van der Waals surface area contributed by atoms with E-state index in [1.165, 1.54) is 6.07 Å². The van der Waals surface area contributed by atoms with Gasteiger partial charge in [-0.15, -0.1) is 0 Å². The van der Waals surface area contributed by atoms with Gasteiger partial charge in [-0.05, 0) is 20.3 Å². The van der Waals surface area contributed by atoms with Crippen LogP contribution in [0.4, 0.5) is 11.4 Å². The molecule has 0 heterocycles. The maximum absolute atomic E-state index is 10.9. The van der Waals surface area contributed by atoms with E-state index in [4.69, 9.17) is 15.3 Å². The zero-order chi connectivity index (χ0) is 15.2. The largest absolute Gasteiger partial charge is 0.379 e. The molecule has 1 rings (SSSR count). The average molecular weight is 283 g/mol. The Morgan fingerprint density at radius 3 is 2.70 bits per heavy atom. The van der Waals surface area contributed by atoms with Gasteiger partial charge in [0, 0.05) is 25.3 Å². The molecule has 0 unspecified atom stereocenters. The van der Waals surface area contributed by atoms with Crippen LogP contribution in [0.15, 0.2) is 18.2 Å². The summed E-state index contributed by atoms with van der Waals surface area (Å²) in [6.45, 7) is 4.68. The van der Waals surface area contributed by atoms with Crippen molar-refractivity contribution in [3.63, 3.8) is 0 Å². The summed E-state index contributed by atoms with van der Waals surface area (Å²) >= 11 is 0. The first-order valence-corrected chi connectivity index (χ1v) is 6.27. The molecule has 0 aromatic heterocycles. The lowest BCUT2D eigenvalue weighted by atomic mass is 10.1. The van der Waals surface area contributed by atoms with Gasteiger partial charge >= 0.3 is 0 Å². The van der Waals surface area contributed by atoms with Crippen molar-refractivity contribution in [2.24, 2.45) is 5.84 Å². The second-order valence-electron chi connectivity index (χ2n) is 4.98. The number of rotatable bonds is 8. The molecule has 0 radical (unpaired) electrons. The molecule has 0 atom stereocenters. The summed E-state index contributed by atoms with van der Waals surface area (Å²) in [4.78, 5) is 10.4. The van der Waals surface area contributed by atoms with E-state index in [9.17, 15) is 10.1 Å². The van der Waals surface area contributed by atoms with Crippen molar-refractivity contribution in [2.45, 2.75) is 32.5 Å². The number of benzene rings is 1.